The maximum Gasteiger partial charge on any atom is 0.328 e. The highest BCUT2D eigenvalue weighted by molar-refractivity contribution is 8.26. The molecule has 1 amide bonds. The second-order valence-electron chi connectivity index (χ2n) is 4.52. The molecule has 1 aromatic rings. The highest BCUT2D eigenvalue weighted by Crippen LogP contribution is 2.34. The third kappa shape index (κ3) is 3.31. The van der Waals surface area contributed by atoms with E-state index < -0.39 is 12.0 Å². The molecule has 22 heavy (non-hydrogen) atoms. The molecular formula is C15H15NO4S2. The number of methoxy groups -OCH3 is 2. The Bertz CT molecular complexity index is 639. The molecule has 1 saturated heterocycles. The van der Waals surface area contributed by atoms with Crippen molar-refractivity contribution in [2.24, 2.45) is 0 Å². The molecule has 116 valence electrons. The molecule has 1 aliphatic rings. The SMILES string of the molecule is COC(=O)[C@@H](C)N1C(=O)/C(=C/c2ccc(OC)cc2)SC1=S. The van der Waals surface area contributed by atoms with Crippen molar-refractivity contribution in [3.05, 3.63) is 34.7 Å². The number of benzene rings is 1. The summed E-state index contributed by atoms with van der Waals surface area (Å²) in [7, 11) is 2.87. The number of hydrogen-bond donors (Lipinski definition) is 0. The molecule has 1 aliphatic heterocycles. The van der Waals surface area contributed by atoms with E-state index in [2.05, 4.69) is 4.74 Å². The number of carbonyl (C=O) groups excluding carboxylic acids is 2. The average Bonchev–Trinajstić information content (AvgIpc) is 2.80. The van der Waals surface area contributed by atoms with Crippen LogP contribution in [0.15, 0.2) is 29.2 Å². The summed E-state index contributed by atoms with van der Waals surface area (Å²) in [5.41, 5.74) is 0.854. The van der Waals surface area contributed by atoms with Crippen molar-refractivity contribution < 1.29 is 19.1 Å². The van der Waals surface area contributed by atoms with Gasteiger partial charge in [-0.05, 0) is 30.7 Å². The quantitative estimate of drug-likeness (QED) is 0.478. The molecule has 1 heterocycles. The van der Waals surface area contributed by atoms with Gasteiger partial charge in [0.05, 0.1) is 19.1 Å². The number of amides is 1. The number of thiocarbonyl (C=S) groups is 1. The zero-order valence-corrected chi connectivity index (χ0v) is 14.0. The highest BCUT2D eigenvalue weighted by atomic mass is 32.2. The lowest BCUT2D eigenvalue weighted by Gasteiger charge is -2.20. The minimum atomic E-state index is -0.737. The molecule has 7 heteroatoms. The van der Waals surface area contributed by atoms with Crippen LogP contribution < -0.4 is 4.74 Å². The summed E-state index contributed by atoms with van der Waals surface area (Å²) in [5, 5.41) is 0. The predicted octanol–water partition coefficient (Wildman–Crippen LogP) is 2.46. The van der Waals surface area contributed by atoms with Gasteiger partial charge in [0.1, 0.15) is 16.1 Å². The van der Waals surface area contributed by atoms with Crippen molar-refractivity contribution >= 4 is 46.3 Å². The van der Waals surface area contributed by atoms with E-state index in [1.165, 1.54) is 23.8 Å². The van der Waals surface area contributed by atoms with E-state index in [9.17, 15) is 9.59 Å². The van der Waals surface area contributed by atoms with Gasteiger partial charge in [-0.3, -0.25) is 9.69 Å². The summed E-state index contributed by atoms with van der Waals surface area (Å²) >= 11 is 6.37. The maximum absolute atomic E-state index is 12.4. The summed E-state index contributed by atoms with van der Waals surface area (Å²) < 4.78 is 10.1. The Kier molecular flexibility index (Phi) is 5.20. The molecule has 1 fully saturated rings. The Labute approximate surface area is 138 Å². The minimum absolute atomic E-state index is 0.288. The van der Waals surface area contributed by atoms with Crippen molar-refractivity contribution in [1.29, 1.82) is 0 Å². The molecule has 0 bridgehead atoms. The van der Waals surface area contributed by atoms with Gasteiger partial charge in [-0.25, -0.2) is 4.79 Å². The van der Waals surface area contributed by atoms with Gasteiger partial charge >= 0.3 is 5.97 Å². The third-order valence-electron chi connectivity index (χ3n) is 3.17. The number of ether oxygens (including phenoxy) is 2. The van der Waals surface area contributed by atoms with E-state index in [1.807, 2.05) is 24.3 Å². The summed E-state index contributed by atoms with van der Waals surface area (Å²) in [6.45, 7) is 1.59. The lowest BCUT2D eigenvalue weighted by atomic mass is 10.2. The first-order valence-electron chi connectivity index (χ1n) is 6.47. The zero-order chi connectivity index (χ0) is 16.3. The van der Waals surface area contributed by atoms with Gasteiger partial charge in [0.15, 0.2) is 0 Å². The largest absolute Gasteiger partial charge is 0.497 e. The standard InChI is InChI=1S/C15H15NO4S2/c1-9(14(18)20-3)16-13(17)12(22-15(16)21)8-10-4-6-11(19-2)7-5-10/h4-9H,1-3H3/b12-8-/t9-/m1/s1. The molecule has 1 atom stereocenters. The van der Waals surface area contributed by atoms with Crippen LogP contribution in [0.5, 0.6) is 5.75 Å². The Balaban J connectivity index is 2.23. The van der Waals surface area contributed by atoms with E-state index in [4.69, 9.17) is 17.0 Å². The number of nitrogens with zero attached hydrogens (tertiary/aromatic N) is 1. The fourth-order valence-electron chi connectivity index (χ4n) is 1.94. The first-order valence-corrected chi connectivity index (χ1v) is 7.69. The molecule has 0 aliphatic carbocycles. The number of carbonyl (C=O) groups is 2. The van der Waals surface area contributed by atoms with Crippen LogP contribution in [0.25, 0.3) is 6.08 Å². The molecule has 0 saturated carbocycles. The van der Waals surface area contributed by atoms with Gasteiger partial charge in [0.2, 0.25) is 0 Å². The number of thioether (sulfide) groups is 1. The zero-order valence-electron chi connectivity index (χ0n) is 12.4. The van der Waals surface area contributed by atoms with Crippen LogP contribution in [0.2, 0.25) is 0 Å². The summed E-state index contributed by atoms with van der Waals surface area (Å²) in [6, 6.07) is 6.57. The predicted molar refractivity (Wildman–Crippen MR) is 89.5 cm³/mol. The molecule has 0 N–H and O–H groups in total. The van der Waals surface area contributed by atoms with Crippen LogP contribution >= 0.6 is 24.0 Å². The molecule has 2 rings (SSSR count). The van der Waals surface area contributed by atoms with E-state index >= 15 is 0 Å². The lowest BCUT2D eigenvalue weighted by molar-refractivity contribution is -0.147. The van der Waals surface area contributed by atoms with Gasteiger partial charge in [0, 0.05) is 0 Å². The summed E-state index contributed by atoms with van der Waals surface area (Å²) in [4.78, 5) is 25.8. The lowest BCUT2D eigenvalue weighted by Crippen LogP contribution is -2.42. The van der Waals surface area contributed by atoms with Crippen LogP contribution in [0.3, 0.4) is 0 Å². The fraction of sp³-hybridized carbons (Fsp3) is 0.267. The van der Waals surface area contributed by atoms with Crippen LogP contribution in [0.4, 0.5) is 0 Å². The topological polar surface area (TPSA) is 55.8 Å². The van der Waals surface area contributed by atoms with Gasteiger partial charge in [-0.15, -0.1) is 0 Å². The second-order valence-corrected chi connectivity index (χ2v) is 6.20. The Morgan fingerprint density at radius 1 is 1.32 bits per heavy atom. The van der Waals surface area contributed by atoms with Crippen molar-refractivity contribution in [1.82, 2.24) is 4.90 Å². The molecule has 5 nitrogen and oxygen atoms in total. The first-order chi connectivity index (χ1) is 10.5. The van der Waals surface area contributed by atoms with Gasteiger partial charge in [-0.2, -0.15) is 0 Å². The summed E-state index contributed by atoms with van der Waals surface area (Å²) in [5.74, 6) is -0.0465. The third-order valence-corrected chi connectivity index (χ3v) is 4.50. The number of rotatable bonds is 4. The number of hydrogen-bond acceptors (Lipinski definition) is 6. The van der Waals surface area contributed by atoms with E-state index in [1.54, 1.807) is 20.1 Å². The van der Waals surface area contributed by atoms with Crippen LogP contribution in [-0.4, -0.2) is 41.4 Å². The molecule has 1 aromatic carbocycles. The molecule has 0 spiro atoms. The smallest absolute Gasteiger partial charge is 0.328 e. The van der Waals surface area contributed by atoms with Gasteiger partial charge < -0.3 is 9.47 Å². The molecule has 0 radical (unpaired) electrons. The summed E-state index contributed by atoms with van der Waals surface area (Å²) in [6.07, 6.45) is 1.74. The maximum atomic E-state index is 12.4. The van der Waals surface area contributed by atoms with Gasteiger partial charge in [0.25, 0.3) is 5.91 Å². The number of esters is 1. The van der Waals surface area contributed by atoms with E-state index in [-0.39, 0.29) is 5.91 Å². The fourth-order valence-corrected chi connectivity index (χ4v) is 3.36. The van der Waals surface area contributed by atoms with Crippen LogP contribution in [0.1, 0.15) is 12.5 Å². The average molecular weight is 337 g/mol. The first kappa shape index (κ1) is 16.5. The monoisotopic (exact) mass is 337 g/mol. The highest BCUT2D eigenvalue weighted by Gasteiger charge is 2.38. The van der Waals surface area contributed by atoms with E-state index in [0.29, 0.717) is 9.23 Å². The molecule has 0 unspecified atom stereocenters. The van der Waals surface area contributed by atoms with Crippen molar-refractivity contribution in [3.8, 4) is 5.75 Å². The van der Waals surface area contributed by atoms with Crippen LogP contribution in [-0.2, 0) is 14.3 Å². The van der Waals surface area contributed by atoms with E-state index in [0.717, 1.165) is 11.3 Å². The van der Waals surface area contributed by atoms with Crippen molar-refractivity contribution in [2.75, 3.05) is 14.2 Å². The Morgan fingerprint density at radius 2 is 1.95 bits per heavy atom. The molecular weight excluding hydrogens is 322 g/mol. The van der Waals surface area contributed by atoms with Gasteiger partial charge in [-0.1, -0.05) is 36.1 Å². The Hall–Kier alpha value is -1.86. The molecule has 0 aromatic heterocycles. The second kappa shape index (κ2) is 6.93. The Morgan fingerprint density at radius 3 is 2.50 bits per heavy atom. The minimum Gasteiger partial charge on any atom is -0.497 e. The normalized spacial score (nSPS) is 17.8. The van der Waals surface area contributed by atoms with Crippen LogP contribution in [0, 0.1) is 0 Å². The van der Waals surface area contributed by atoms with Crippen molar-refractivity contribution in [3.63, 3.8) is 0 Å². The van der Waals surface area contributed by atoms with Crippen molar-refractivity contribution in [2.45, 2.75) is 13.0 Å².